The fourth-order valence-corrected chi connectivity index (χ4v) is 7.22. The summed E-state index contributed by atoms with van der Waals surface area (Å²) in [6, 6.07) is 20.4. The first kappa shape index (κ1) is 23.9. The van der Waals surface area contributed by atoms with Gasteiger partial charge in [0.15, 0.2) is 15.5 Å². The SMILES string of the molecule is CCC(CC1CCc2cc(C(=O)Nc3ccccc3[NH3+])ccc21)S(=O)(=O)c1cccc(I)c1. The lowest BCUT2D eigenvalue weighted by Gasteiger charge is -2.21. The van der Waals surface area contributed by atoms with Gasteiger partial charge in [-0.2, -0.15) is 0 Å². The second kappa shape index (κ2) is 9.95. The number of rotatable bonds is 7. The summed E-state index contributed by atoms with van der Waals surface area (Å²) in [5.74, 6) is 0.0187. The van der Waals surface area contributed by atoms with Crippen molar-refractivity contribution in [1.82, 2.24) is 0 Å². The van der Waals surface area contributed by atoms with Gasteiger partial charge in [0.25, 0.3) is 5.91 Å². The van der Waals surface area contributed by atoms with Crippen LogP contribution < -0.4 is 11.1 Å². The van der Waals surface area contributed by atoms with Crippen LogP contribution in [0, 0.1) is 3.57 Å². The lowest BCUT2D eigenvalue weighted by Crippen LogP contribution is -2.41. The van der Waals surface area contributed by atoms with Gasteiger partial charge in [-0.15, -0.1) is 0 Å². The Morgan fingerprint density at radius 1 is 1.12 bits per heavy atom. The minimum absolute atomic E-state index is 0.162. The molecule has 0 heterocycles. The van der Waals surface area contributed by atoms with E-state index in [4.69, 9.17) is 0 Å². The van der Waals surface area contributed by atoms with E-state index in [1.165, 1.54) is 5.56 Å². The van der Waals surface area contributed by atoms with E-state index in [0.717, 1.165) is 27.7 Å². The van der Waals surface area contributed by atoms with Crippen molar-refractivity contribution in [2.24, 2.45) is 0 Å². The third-order valence-electron chi connectivity index (χ3n) is 6.44. The van der Waals surface area contributed by atoms with E-state index in [1.807, 2.05) is 55.5 Å². The number of carbonyl (C=O) groups excluding carboxylic acids is 1. The van der Waals surface area contributed by atoms with Crippen LogP contribution in [0.15, 0.2) is 71.6 Å². The van der Waals surface area contributed by atoms with Crippen molar-refractivity contribution in [2.45, 2.75) is 48.7 Å². The third-order valence-corrected chi connectivity index (χ3v) is 9.42. The lowest BCUT2D eigenvalue weighted by atomic mass is 9.94. The Bertz CT molecular complexity index is 1290. The minimum Gasteiger partial charge on any atom is -0.323 e. The van der Waals surface area contributed by atoms with Crippen molar-refractivity contribution in [3.05, 3.63) is 87.0 Å². The van der Waals surface area contributed by atoms with Crippen molar-refractivity contribution in [1.29, 1.82) is 0 Å². The van der Waals surface area contributed by atoms with E-state index in [9.17, 15) is 13.2 Å². The average molecular weight is 575 g/mol. The first-order valence-corrected chi connectivity index (χ1v) is 13.8. The van der Waals surface area contributed by atoms with Crippen molar-refractivity contribution < 1.29 is 18.9 Å². The summed E-state index contributed by atoms with van der Waals surface area (Å²) in [7, 11) is -3.40. The largest absolute Gasteiger partial charge is 0.323 e. The number of halogens is 1. The molecule has 0 fully saturated rings. The molecule has 0 saturated carbocycles. The van der Waals surface area contributed by atoms with Crippen LogP contribution in [0.1, 0.15) is 53.6 Å². The highest BCUT2D eigenvalue weighted by Crippen LogP contribution is 2.39. The number of aryl methyl sites for hydroxylation is 1. The molecule has 0 saturated heterocycles. The fraction of sp³-hybridized carbons (Fsp3) is 0.269. The highest BCUT2D eigenvalue weighted by molar-refractivity contribution is 14.1. The number of fused-ring (bicyclic) bond motifs is 1. The number of nitrogens with one attached hydrogen (secondary N) is 1. The Morgan fingerprint density at radius 3 is 2.64 bits per heavy atom. The summed E-state index contributed by atoms with van der Waals surface area (Å²) in [5, 5.41) is 2.50. The third kappa shape index (κ3) is 5.15. The van der Waals surface area contributed by atoms with Crippen LogP contribution >= 0.6 is 22.6 Å². The summed E-state index contributed by atoms with van der Waals surface area (Å²) in [5.41, 5.74) is 8.34. The van der Waals surface area contributed by atoms with Gasteiger partial charge in [0, 0.05) is 15.2 Å². The van der Waals surface area contributed by atoms with Gasteiger partial charge in [-0.25, -0.2) is 8.42 Å². The summed E-state index contributed by atoms with van der Waals surface area (Å²) >= 11 is 2.15. The number of amides is 1. The van der Waals surface area contributed by atoms with Crippen LogP contribution in [0.4, 0.5) is 11.4 Å². The lowest BCUT2D eigenvalue weighted by molar-refractivity contribution is -0.253. The Labute approximate surface area is 208 Å². The molecule has 2 atom stereocenters. The first-order chi connectivity index (χ1) is 15.8. The molecule has 33 heavy (non-hydrogen) atoms. The molecule has 1 aliphatic carbocycles. The van der Waals surface area contributed by atoms with E-state index in [2.05, 4.69) is 33.6 Å². The van der Waals surface area contributed by atoms with Gasteiger partial charge in [-0.3, -0.25) is 4.79 Å². The summed E-state index contributed by atoms with van der Waals surface area (Å²) < 4.78 is 27.5. The van der Waals surface area contributed by atoms with Crippen molar-refractivity contribution in [2.75, 3.05) is 5.32 Å². The molecular weight excluding hydrogens is 547 g/mol. The molecule has 1 aliphatic rings. The number of hydrogen-bond donors (Lipinski definition) is 2. The van der Waals surface area contributed by atoms with Crippen LogP contribution in [0.5, 0.6) is 0 Å². The van der Waals surface area contributed by atoms with Gasteiger partial charge in [0.2, 0.25) is 0 Å². The summed E-state index contributed by atoms with van der Waals surface area (Å²) in [6.07, 6.45) is 2.93. The zero-order chi connectivity index (χ0) is 23.6. The quantitative estimate of drug-likeness (QED) is 0.385. The number of sulfone groups is 1. The molecule has 1 amide bonds. The van der Waals surface area contributed by atoms with E-state index >= 15 is 0 Å². The maximum atomic E-state index is 13.3. The van der Waals surface area contributed by atoms with Crippen LogP contribution in [0.2, 0.25) is 0 Å². The molecule has 7 heteroatoms. The number of benzene rings is 3. The normalized spacial score (nSPS) is 16.3. The van der Waals surface area contributed by atoms with Crippen LogP contribution in [-0.2, 0) is 16.3 Å². The molecule has 0 radical (unpaired) electrons. The number of quaternary nitrogens is 1. The highest BCUT2D eigenvalue weighted by Gasteiger charge is 2.32. The molecule has 0 spiro atoms. The molecule has 0 aliphatic heterocycles. The molecule has 172 valence electrons. The van der Waals surface area contributed by atoms with Gasteiger partial charge in [-0.05, 0) is 102 Å². The Balaban J connectivity index is 1.51. The van der Waals surface area contributed by atoms with Crippen molar-refractivity contribution in [3.63, 3.8) is 0 Å². The molecular formula is C26H28IN2O3S+. The minimum atomic E-state index is -3.40. The summed E-state index contributed by atoms with van der Waals surface area (Å²) in [4.78, 5) is 13.2. The van der Waals surface area contributed by atoms with Gasteiger partial charge < -0.3 is 11.1 Å². The smallest absolute Gasteiger partial charge is 0.255 e. The topological polar surface area (TPSA) is 90.9 Å². The maximum absolute atomic E-state index is 13.3. The predicted octanol–water partition coefficient (Wildman–Crippen LogP) is 5.09. The number of para-hydroxylation sites is 1. The standard InChI is InChI=1S/C26H27IN2O3S/c1-2-21(33(31,32)22-7-5-6-20(27)16-22)15-18-11-10-17-14-19(12-13-23(17)18)26(30)29-25-9-4-3-8-24(25)28/h3-9,12-14,16,18,21H,2,10-11,15,28H2,1H3,(H,29,30)/p+1. The molecule has 4 N–H and O–H groups in total. The van der Waals surface area contributed by atoms with Gasteiger partial charge >= 0.3 is 0 Å². The molecule has 0 bridgehead atoms. The molecule has 0 aromatic heterocycles. The Kier molecular flexibility index (Phi) is 7.21. The second-order valence-corrected chi connectivity index (χ2v) is 12.0. The molecule has 3 aromatic rings. The number of hydrogen-bond acceptors (Lipinski definition) is 3. The van der Waals surface area contributed by atoms with E-state index in [0.29, 0.717) is 29.0 Å². The Hall–Kier alpha value is -2.23. The van der Waals surface area contributed by atoms with Gasteiger partial charge in [0.05, 0.1) is 10.1 Å². The fourth-order valence-electron chi connectivity index (χ4n) is 4.60. The second-order valence-electron chi connectivity index (χ2n) is 8.53. The average Bonchev–Trinajstić information content (AvgIpc) is 3.20. The van der Waals surface area contributed by atoms with E-state index in [-0.39, 0.29) is 11.8 Å². The van der Waals surface area contributed by atoms with Crippen LogP contribution in [0.3, 0.4) is 0 Å². The highest BCUT2D eigenvalue weighted by atomic mass is 127. The molecule has 4 rings (SSSR count). The molecule has 5 nitrogen and oxygen atoms in total. The molecule has 2 unspecified atom stereocenters. The monoisotopic (exact) mass is 575 g/mol. The van der Waals surface area contributed by atoms with E-state index in [1.54, 1.807) is 18.2 Å². The zero-order valence-electron chi connectivity index (χ0n) is 18.6. The van der Waals surface area contributed by atoms with Crippen molar-refractivity contribution in [3.8, 4) is 0 Å². The zero-order valence-corrected chi connectivity index (χ0v) is 21.5. The first-order valence-electron chi connectivity index (χ1n) is 11.1. The van der Waals surface area contributed by atoms with Crippen LogP contribution in [-0.4, -0.2) is 19.6 Å². The summed E-state index contributed by atoms with van der Waals surface area (Å²) in [6.45, 7) is 1.94. The van der Waals surface area contributed by atoms with Crippen molar-refractivity contribution >= 4 is 49.7 Å². The number of carbonyl (C=O) groups is 1. The Morgan fingerprint density at radius 2 is 1.91 bits per heavy atom. The number of anilines is 1. The molecule has 3 aromatic carbocycles. The van der Waals surface area contributed by atoms with Gasteiger partial charge in [0.1, 0.15) is 5.69 Å². The predicted molar refractivity (Wildman–Crippen MR) is 139 cm³/mol. The van der Waals surface area contributed by atoms with E-state index < -0.39 is 15.1 Å². The van der Waals surface area contributed by atoms with Crippen LogP contribution in [0.25, 0.3) is 0 Å². The van der Waals surface area contributed by atoms with Gasteiger partial charge in [-0.1, -0.05) is 31.2 Å². The maximum Gasteiger partial charge on any atom is 0.255 e.